The smallest absolute Gasteiger partial charge is 0.237 e. The number of carbonyl (C=O) groups is 1. The molecule has 0 aromatic rings. The first-order chi connectivity index (χ1) is 7.22. The van der Waals surface area contributed by atoms with Crippen LogP contribution in [0.25, 0.3) is 0 Å². The molecule has 1 heterocycles. The van der Waals surface area contributed by atoms with E-state index in [9.17, 15) is 4.79 Å². The van der Waals surface area contributed by atoms with Gasteiger partial charge in [0.25, 0.3) is 0 Å². The molecule has 4 heteroatoms. The maximum absolute atomic E-state index is 11.5. The molecule has 0 spiro atoms. The molecule has 1 unspecified atom stereocenters. The Morgan fingerprint density at radius 2 is 2.27 bits per heavy atom. The Balaban J connectivity index is 1.78. The predicted molar refractivity (Wildman–Crippen MR) is 59.4 cm³/mol. The van der Waals surface area contributed by atoms with Gasteiger partial charge >= 0.3 is 0 Å². The van der Waals surface area contributed by atoms with Crippen LogP contribution in [-0.2, 0) is 4.79 Å². The molecule has 2 aliphatic rings. The van der Waals surface area contributed by atoms with Crippen molar-refractivity contribution in [1.29, 1.82) is 0 Å². The highest BCUT2D eigenvalue weighted by Crippen LogP contribution is 2.26. The van der Waals surface area contributed by atoms with Crippen molar-refractivity contribution < 1.29 is 4.79 Å². The molecule has 0 bridgehead atoms. The van der Waals surface area contributed by atoms with Crippen molar-refractivity contribution in [3.63, 3.8) is 0 Å². The maximum atomic E-state index is 11.5. The Labute approximate surface area is 91.6 Å². The van der Waals surface area contributed by atoms with Gasteiger partial charge in [-0.3, -0.25) is 15.0 Å². The minimum Gasteiger partial charge on any atom is -0.325 e. The molecule has 1 saturated carbocycles. The van der Waals surface area contributed by atoms with Gasteiger partial charge in [0.1, 0.15) is 0 Å². The molecule has 1 amide bonds. The van der Waals surface area contributed by atoms with Gasteiger partial charge in [0.2, 0.25) is 5.91 Å². The number of rotatable bonds is 5. The molecule has 4 nitrogen and oxygen atoms in total. The zero-order chi connectivity index (χ0) is 10.8. The van der Waals surface area contributed by atoms with Crippen LogP contribution in [0.2, 0.25) is 0 Å². The maximum Gasteiger partial charge on any atom is 0.237 e. The van der Waals surface area contributed by atoms with E-state index >= 15 is 0 Å². The standard InChI is InChI=1S/C11H21N3O/c1-3-13(10-4-5-10)6-7-14-9(2)12-8-11(14)15/h9-10,12H,3-8H2,1-2H3. The van der Waals surface area contributed by atoms with E-state index in [2.05, 4.69) is 24.1 Å². The van der Waals surface area contributed by atoms with Crippen molar-refractivity contribution >= 4 is 5.91 Å². The fourth-order valence-electron chi connectivity index (χ4n) is 2.26. The zero-order valence-electron chi connectivity index (χ0n) is 9.70. The molecule has 0 aromatic heterocycles. The number of nitrogens with zero attached hydrogens (tertiary/aromatic N) is 2. The largest absolute Gasteiger partial charge is 0.325 e. The summed E-state index contributed by atoms with van der Waals surface area (Å²) < 4.78 is 0. The lowest BCUT2D eigenvalue weighted by Gasteiger charge is -2.26. The van der Waals surface area contributed by atoms with Crippen LogP contribution in [0.1, 0.15) is 26.7 Å². The van der Waals surface area contributed by atoms with Gasteiger partial charge in [0.05, 0.1) is 12.7 Å². The topological polar surface area (TPSA) is 35.6 Å². The molecule has 1 aliphatic heterocycles. The number of hydrogen-bond acceptors (Lipinski definition) is 3. The Kier molecular flexibility index (Phi) is 3.26. The first-order valence-corrected chi connectivity index (χ1v) is 5.99. The van der Waals surface area contributed by atoms with Crippen molar-refractivity contribution in [2.24, 2.45) is 0 Å². The third-order valence-electron chi connectivity index (χ3n) is 3.43. The molecule has 2 fully saturated rings. The normalized spacial score (nSPS) is 26.7. The molecule has 2 rings (SSSR count). The highest BCUT2D eigenvalue weighted by atomic mass is 16.2. The monoisotopic (exact) mass is 211 g/mol. The second-order valence-corrected chi connectivity index (χ2v) is 4.50. The van der Waals surface area contributed by atoms with Crippen molar-refractivity contribution in [2.45, 2.75) is 38.9 Å². The molecule has 15 heavy (non-hydrogen) atoms. The van der Waals surface area contributed by atoms with Crippen LogP contribution in [0.5, 0.6) is 0 Å². The molecule has 1 N–H and O–H groups in total. The number of nitrogens with one attached hydrogen (secondary N) is 1. The second kappa shape index (κ2) is 4.49. The summed E-state index contributed by atoms with van der Waals surface area (Å²) in [5.41, 5.74) is 0. The van der Waals surface area contributed by atoms with Gasteiger partial charge in [-0.1, -0.05) is 6.92 Å². The summed E-state index contributed by atoms with van der Waals surface area (Å²) in [4.78, 5) is 15.9. The van der Waals surface area contributed by atoms with Gasteiger partial charge in [0.15, 0.2) is 0 Å². The van der Waals surface area contributed by atoms with Gasteiger partial charge in [0, 0.05) is 19.1 Å². The summed E-state index contributed by atoms with van der Waals surface area (Å²) in [5.74, 6) is 0.245. The third-order valence-corrected chi connectivity index (χ3v) is 3.43. The lowest BCUT2D eigenvalue weighted by molar-refractivity contribution is -0.127. The van der Waals surface area contributed by atoms with E-state index in [4.69, 9.17) is 0 Å². The van der Waals surface area contributed by atoms with Gasteiger partial charge in [-0.15, -0.1) is 0 Å². The van der Waals surface area contributed by atoms with Crippen LogP contribution in [0.3, 0.4) is 0 Å². The zero-order valence-corrected chi connectivity index (χ0v) is 9.70. The molecule has 1 aliphatic carbocycles. The summed E-state index contributed by atoms with van der Waals surface area (Å²) in [6.45, 7) is 7.77. The van der Waals surface area contributed by atoms with Gasteiger partial charge in [-0.2, -0.15) is 0 Å². The van der Waals surface area contributed by atoms with E-state index in [0.29, 0.717) is 6.54 Å². The number of amides is 1. The Hall–Kier alpha value is -0.610. The van der Waals surface area contributed by atoms with E-state index in [1.54, 1.807) is 0 Å². The SMILES string of the molecule is CCN(CCN1C(=O)CNC1C)C1CC1. The van der Waals surface area contributed by atoms with Crippen LogP contribution < -0.4 is 5.32 Å². The number of hydrogen-bond donors (Lipinski definition) is 1. The van der Waals surface area contributed by atoms with E-state index in [-0.39, 0.29) is 12.1 Å². The Bertz CT molecular complexity index is 240. The van der Waals surface area contributed by atoms with Crippen LogP contribution in [0, 0.1) is 0 Å². The molecule has 0 radical (unpaired) electrons. The average molecular weight is 211 g/mol. The Morgan fingerprint density at radius 1 is 1.53 bits per heavy atom. The van der Waals surface area contributed by atoms with E-state index in [1.807, 2.05) is 4.90 Å². The van der Waals surface area contributed by atoms with Crippen molar-refractivity contribution in [2.75, 3.05) is 26.2 Å². The van der Waals surface area contributed by atoms with Crippen molar-refractivity contribution in [1.82, 2.24) is 15.1 Å². The minimum absolute atomic E-state index is 0.218. The van der Waals surface area contributed by atoms with Gasteiger partial charge in [-0.25, -0.2) is 0 Å². The molecular weight excluding hydrogens is 190 g/mol. The number of carbonyl (C=O) groups excluding carboxylic acids is 1. The lowest BCUT2D eigenvalue weighted by Crippen LogP contribution is -2.41. The van der Waals surface area contributed by atoms with E-state index in [1.165, 1.54) is 12.8 Å². The van der Waals surface area contributed by atoms with Crippen LogP contribution in [-0.4, -0.2) is 54.1 Å². The lowest BCUT2D eigenvalue weighted by atomic mass is 10.4. The molecule has 1 saturated heterocycles. The highest BCUT2D eigenvalue weighted by molar-refractivity contribution is 5.80. The second-order valence-electron chi connectivity index (χ2n) is 4.50. The van der Waals surface area contributed by atoms with Crippen molar-refractivity contribution in [3.05, 3.63) is 0 Å². The van der Waals surface area contributed by atoms with Gasteiger partial charge in [-0.05, 0) is 26.3 Å². The number of likely N-dealkylation sites (N-methyl/N-ethyl adjacent to an activating group) is 1. The van der Waals surface area contributed by atoms with E-state index in [0.717, 1.165) is 25.7 Å². The molecule has 1 atom stereocenters. The predicted octanol–water partition coefficient (Wildman–Crippen LogP) is 0.249. The summed E-state index contributed by atoms with van der Waals surface area (Å²) >= 11 is 0. The first kappa shape index (κ1) is 10.9. The fraction of sp³-hybridized carbons (Fsp3) is 0.909. The quantitative estimate of drug-likeness (QED) is 0.708. The first-order valence-electron chi connectivity index (χ1n) is 5.99. The highest BCUT2D eigenvalue weighted by Gasteiger charge is 2.30. The Morgan fingerprint density at radius 3 is 2.73 bits per heavy atom. The van der Waals surface area contributed by atoms with E-state index < -0.39 is 0 Å². The van der Waals surface area contributed by atoms with Crippen LogP contribution >= 0.6 is 0 Å². The summed E-state index contributed by atoms with van der Waals surface area (Å²) in [7, 11) is 0. The fourth-order valence-corrected chi connectivity index (χ4v) is 2.26. The summed E-state index contributed by atoms with van der Waals surface area (Å²) in [6.07, 6.45) is 2.90. The van der Waals surface area contributed by atoms with Crippen molar-refractivity contribution in [3.8, 4) is 0 Å². The third kappa shape index (κ3) is 2.49. The minimum atomic E-state index is 0.218. The van der Waals surface area contributed by atoms with Crippen LogP contribution in [0.15, 0.2) is 0 Å². The average Bonchev–Trinajstić information content (AvgIpc) is 3.00. The molecular formula is C11H21N3O. The van der Waals surface area contributed by atoms with Crippen LogP contribution in [0.4, 0.5) is 0 Å². The summed E-state index contributed by atoms with van der Waals surface area (Å²) in [5, 5.41) is 3.16. The van der Waals surface area contributed by atoms with Gasteiger partial charge < -0.3 is 4.90 Å². The summed E-state index contributed by atoms with van der Waals surface area (Å²) in [6, 6.07) is 0.802. The molecule has 0 aromatic carbocycles. The molecule has 86 valence electrons.